The highest BCUT2D eigenvalue weighted by Crippen LogP contribution is 2.06. The Morgan fingerprint density at radius 1 is 1.35 bits per heavy atom. The van der Waals surface area contributed by atoms with Crippen LogP contribution in [0.2, 0.25) is 0 Å². The number of nitrogens with zero attached hydrogens (tertiary/aromatic N) is 5. The predicted molar refractivity (Wildman–Crippen MR) is 73.0 cm³/mol. The Morgan fingerprint density at radius 2 is 2.15 bits per heavy atom. The lowest BCUT2D eigenvalue weighted by atomic mass is 10.4. The fourth-order valence-electron chi connectivity index (χ4n) is 1.43. The number of anilines is 1. The second-order valence-corrected chi connectivity index (χ2v) is 4.63. The molecule has 0 radical (unpaired) electrons. The molecule has 2 heterocycles. The largest absolute Gasteiger partial charge is 0.332 e. The second kappa shape index (κ2) is 6.09. The van der Waals surface area contributed by atoms with Gasteiger partial charge in [0.1, 0.15) is 0 Å². The molecule has 0 atom stereocenters. The quantitative estimate of drug-likeness (QED) is 0.876. The van der Waals surface area contributed by atoms with E-state index in [4.69, 9.17) is 0 Å². The number of urea groups is 1. The predicted octanol–water partition coefficient (Wildman–Crippen LogP) is 1.28. The van der Waals surface area contributed by atoms with Crippen molar-refractivity contribution in [2.24, 2.45) is 0 Å². The van der Waals surface area contributed by atoms with Crippen LogP contribution in [0.4, 0.5) is 10.6 Å². The minimum atomic E-state index is -0.358. The van der Waals surface area contributed by atoms with Crippen molar-refractivity contribution in [2.75, 3.05) is 5.32 Å². The number of nitrogens with one attached hydrogen (secondary N) is 2. The molecule has 0 saturated heterocycles. The minimum absolute atomic E-state index is 0.198. The third-order valence-electron chi connectivity index (χ3n) is 2.55. The topological polar surface area (TPSA) is 97.6 Å². The highest BCUT2D eigenvalue weighted by atomic mass is 16.2. The molecule has 0 unspecified atom stereocenters. The van der Waals surface area contributed by atoms with Gasteiger partial charge in [-0.15, -0.1) is 5.10 Å². The molecule has 0 spiro atoms. The first-order valence-electron chi connectivity index (χ1n) is 6.29. The summed E-state index contributed by atoms with van der Waals surface area (Å²) in [7, 11) is 0. The maximum Gasteiger partial charge on any atom is 0.320 e. The summed E-state index contributed by atoms with van der Waals surface area (Å²) in [4.78, 5) is 19.9. The van der Waals surface area contributed by atoms with Crippen LogP contribution in [0, 0.1) is 6.92 Å². The van der Waals surface area contributed by atoms with Gasteiger partial charge in [0.25, 0.3) is 0 Å². The average molecular weight is 275 g/mol. The molecule has 8 heteroatoms. The van der Waals surface area contributed by atoms with E-state index in [1.54, 1.807) is 23.3 Å². The molecule has 2 amide bonds. The number of carbonyl (C=O) groups excluding carboxylic acids is 1. The Balaban J connectivity index is 1.84. The lowest BCUT2D eigenvalue weighted by Crippen LogP contribution is -2.28. The van der Waals surface area contributed by atoms with E-state index in [0.29, 0.717) is 18.1 Å². The van der Waals surface area contributed by atoms with Crippen molar-refractivity contribution in [1.82, 2.24) is 30.3 Å². The van der Waals surface area contributed by atoms with Gasteiger partial charge in [-0.2, -0.15) is 0 Å². The summed E-state index contributed by atoms with van der Waals surface area (Å²) >= 11 is 0. The zero-order chi connectivity index (χ0) is 14.5. The Hall–Kier alpha value is -2.51. The maximum atomic E-state index is 11.7. The fourth-order valence-corrected chi connectivity index (χ4v) is 1.43. The zero-order valence-electron chi connectivity index (χ0n) is 11.7. The fraction of sp³-hybridized carbons (Fsp3) is 0.417. The highest BCUT2D eigenvalue weighted by molar-refractivity contribution is 5.87. The van der Waals surface area contributed by atoms with Crippen molar-refractivity contribution in [3.05, 3.63) is 30.0 Å². The Kier molecular flexibility index (Phi) is 4.24. The van der Waals surface area contributed by atoms with E-state index in [1.165, 1.54) is 0 Å². The van der Waals surface area contributed by atoms with Crippen LogP contribution in [0.5, 0.6) is 0 Å². The molecular weight excluding hydrogens is 258 g/mol. The number of hydrogen-bond donors (Lipinski definition) is 2. The summed E-state index contributed by atoms with van der Waals surface area (Å²) in [6.45, 7) is 6.12. The van der Waals surface area contributed by atoms with Gasteiger partial charge < -0.3 is 5.32 Å². The lowest BCUT2D eigenvalue weighted by Gasteiger charge is -2.05. The molecule has 2 aromatic heterocycles. The summed E-state index contributed by atoms with van der Waals surface area (Å²) in [5, 5.41) is 13.0. The lowest BCUT2D eigenvalue weighted by molar-refractivity contribution is 0.251. The maximum absolute atomic E-state index is 11.7. The van der Waals surface area contributed by atoms with Gasteiger partial charge in [0.05, 0.1) is 30.3 Å². The summed E-state index contributed by atoms with van der Waals surface area (Å²) in [5.74, 6) is 0.409. The molecule has 0 aromatic carbocycles. The Labute approximate surface area is 116 Å². The molecule has 0 aliphatic carbocycles. The molecular formula is C12H17N7O. The number of aromatic nitrogens is 5. The molecule has 0 saturated carbocycles. The van der Waals surface area contributed by atoms with E-state index >= 15 is 0 Å². The standard InChI is InChI=1S/C12H17N7O/c1-8(2)19-7-11(17-18-19)16-12(20)15-6-10-5-13-9(3)4-14-10/h4-5,7-8H,6H2,1-3H3,(H2,15,16,20). The summed E-state index contributed by atoms with van der Waals surface area (Å²) in [6.07, 6.45) is 4.96. The first-order valence-corrected chi connectivity index (χ1v) is 6.29. The SMILES string of the molecule is Cc1cnc(CNC(=O)Nc2cn(C(C)C)nn2)cn1. The molecule has 0 aliphatic heterocycles. The normalized spacial score (nSPS) is 10.6. The van der Waals surface area contributed by atoms with Crippen molar-refractivity contribution < 1.29 is 4.79 Å². The smallest absolute Gasteiger partial charge is 0.320 e. The van der Waals surface area contributed by atoms with Crippen LogP contribution in [0.1, 0.15) is 31.3 Å². The van der Waals surface area contributed by atoms with E-state index in [1.807, 2.05) is 20.8 Å². The molecule has 0 fully saturated rings. The van der Waals surface area contributed by atoms with Crippen molar-refractivity contribution in [3.8, 4) is 0 Å². The number of carbonyl (C=O) groups is 1. The van der Waals surface area contributed by atoms with E-state index in [-0.39, 0.29) is 12.1 Å². The third kappa shape index (κ3) is 3.74. The third-order valence-corrected chi connectivity index (χ3v) is 2.55. The summed E-state index contributed by atoms with van der Waals surface area (Å²) in [5.41, 5.74) is 1.53. The first kappa shape index (κ1) is 13.9. The van der Waals surface area contributed by atoms with Crippen molar-refractivity contribution in [3.63, 3.8) is 0 Å². The molecule has 106 valence electrons. The van der Waals surface area contributed by atoms with Gasteiger partial charge >= 0.3 is 6.03 Å². The van der Waals surface area contributed by atoms with Gasteiger partial charge in [-0.1, -0.05) is 5.21 Å². The molecule has 8 nitrogen and oxygen atoms in total. The second-order valence-electron chi connectivity index (χ2n) is 4.63. The average Bonchev–Trinajstić information content (AvgIpc) is 2.87. The minimum Gasteiger partial charge on any atom is -0.332 e. The summed E-state index contributed by atoms with van der Waals surface area (Å²) < 4.78 is 1.67. The van der Waals surface area contributed by atoms with Crippen LogP contribution in [0.15, 0.2) is 18.6 Å². The number of hydrogen-bond acceptors (Lipinski definition) is 5. The van der Waals surface area contributed by atoms with Crippen molar-refractivity contribution in [2.45, 2.75) is 33.4 Å². The summed E-state index contributed by atoms with van der Waals surface area (Å²) in [6, 6.07) is -0.160. The molecule has 2 N–H and O–H groups in total. The van der Waals surface area contributed by atoms with Gasteiger partial charge in [0, 0.05) is 12.2 Å². The highest BCUT2D eigenvalue weighted by Gasteiger charge is 2.07. The van der Waals surface area contributed by atoms with Gasteiger partial charge in [0.15, 0.2) is 5.82 Å². The number of amides is 2. The van der Waals surface area contributed by atoms with Gasteiger partial charge in [-0.05, 0) is 20.8 Å². The van der Waals surface area contributed by atoms with E-state index in [9.17, 15) is 4.79 Å². The van der Waals surface area contributed by atoms with E-state index in [2.05, 4.69) is 30.9 Å². The zero-order valence-corrected chi connectivity index (χ0v) is 11.7. The van der Waals surface area contributed by atoms with Crippen LogP contribution >= 0.6 is 0 Å². The van der Waals surface area contributed by atoms with Crippen LogP contribution in [0.25, 0.3) is 0 Å². The van der Waals surface area contributed by atoms with Crippen LogP contribution in [0.3, 0.4) is 0 Å². The molecule has 2 aromatic rings. The molecule has 0 bridgehead atoms. The van der Waals surface area contributed by atoms with Crippen molar-refractivity contribution in [1.29, 1.82) is 0 Å². The number of aryl methyl sites for hydroxylation is 1. The van der Waals surface area contributed by atoms with Crippen LogP contribution in [-0.2, 0) is 6.54 Å². The monoisotopic (exact) mass is 275 g/mol. The van der Waals surface area contributed by atoms with Crippen LogP contribution in [-0.4, -0.2) is 31.0 Å². The van der Waals surface area contributed by atoms with Gasteiger partial charge in [0.2, 0.25) is 0 Å². The molecule has 2 rings (SSSR count). The van der Waals surface area contributed by atoms with E-state index < -0.39 is 0 Å². The van der Waals surface area contributed by atoms with Gasteiger partial charge in [-0.3, -0.25) is 15.3 Å². The van der Waals surface area contributed by atoms with Gasteiger partial charge in [-0.25, -0.2) is 9.48 Å². The van der Waals surface area contributed by atoms with E-state index in [0.717, 1.165) is 5.69 Å². The number of rotatable bonds is 4. The molecule has 0 aliphatic rings. The first-order chi connectivity index (χ1) is 9.54. The van der Waals surface area contributed by atoms with Crippen LogP contribution < -0.4 is 10.6 Å². The molecule has 20 heavy (non-hydrogen) atoms. The Morgan fingerprint density at radius 3 is 2.75 bits per heavy atom. The van der Waals surface area contributed by atoms with Crippen molar-refractivity contribution >= 4 is 11.8 Å². The Bertz CT molecular complexity index is 576.